The highest BCUT2D eigenvalue weighted by atomic mass is 32.7. The van der Waals surface area contributed by atoms with Gasteiger partial charge in [-0.2, -0.15) is 4.98 Å². The van der Waals surface area contributed by atoms with Crippen molar-refractivity contribution in [2.75, 3.05) is 75.4 Å². The summed E-state index contributed by atoms with van der Waals surface area (Å²) in [6.45, 7) is -32.6. The maximum absolute atomic E-state index is 15.1. The Balaban J connectivity index is 0.565. The first-order valence-corrected chi connectivity index (χ1v) is 61.8. The van der Waals surface area contributed by atoms with Gasteiger partial charge in [0.2, 0.25) is 0 Å². The molecule has 0 spiro atoms. The first kappa shape index (κ1) is 110. The third kappa shape index (κ3) is 24.6. The van der Waals surface area contributed by atoms with E-state index < -0.39 is 257 Å². The average Bonchev–Trinajstić information content (AvgIpc) is 1.61. The fourth-order valence-electron chi connectivity index (χ4n) is 17.3. The summed E-state index contributed by atoms with van der Waals surface area (Å²) < 4.78 is 150. The lowest BCUT2D eigenvalue weighted by Gasteiger charge is -2.37. The Morgan fingerprint density at radius 2 is 0.680 bits per heavy atom. The van der Waals surface area contributed by atoms with Crippen molar-refractivity contribution in [2.45, 2.75) is 208 Å². The molecule has 7 aliphatic heterocycles. The van der Waals surface area contributed by atoms with Crippen LogP contribution in [-0.4, -0.2) is 250 Å². The number of imidazole rings is 4. The van der Waals surface area contributed by atoms with E-state index in [4.69, 9.17) is 208 Å². The molecule has 7 saturated heterocycles. The van der Waals surface area contributed by atoms with Crippen LogP contribution < -0.4 is 86.2 Å². The van der Waals surface area contributed by atoms with Crippen LogP contribution in [0.2, 0.25) is 0 Å². The number of nitrogens with one attached hydrogen (secondary N) is 2. The fourth-order valence-corrected chi connectivity index (χ4v) is 27.0. The van der Waals surface area contributed by atoms with Crippen molar-refractivity contribution in [1.82, 2.24) is 107 Å². The quantitative estimate of drug-likeness (QED) is 0.0145. The van der Waals surface area contributed by atoms with Crippen LogP contribution in [0.15, 0.2) is 93.2 Å². The Morgan fingerprint density at radius 3 is 1.03 bits per heavy atom. The van der Waals surface area contributed by atoms with Gasteiger partial charge in [-0.1, -0.05) is 77.8 Å². The Bertz CT molecular complexity index is 7510. The number of H-pyrrole nitrogens is 2. The Hall–Kier alpha value is -7.20. The number of fused-ring (bicyclic) bond motifs is 4. The number of anilines is 5. The van der Waals surface area contributed by atoms with Gasteiger partial charge < -0.3 is 172 Å². The van der Waals surface area contributed by atoms with E-state index in [2.05, 4.69) is 74.8 Å². The van der Waals surface area contributed by atoms with Gasteiger partial charge in [0, 0.05) is 80.9 Å². The van der Waals surface area contributed by atoms with Crippen LogP contribution in [0.5, 0.6) is 0 Å². The number of ether oxygens (including phenoxy) is 7. The molecule has 0 amide bonds. The van der Waals surface area contributed by atoms with Crippen LogP contribution in [0, 0.1) is 20.8 Å². The highest BCUT2D eigenvalue weighted by molar-refractivity contribution is 8.32. The minimum absolute atomic E-state index is 0.00234. The summed E-state index contributed by atoms with van der Waals surface area (Å²) >= 11 is 38.2. The number of aromatic nitrogens is 22. The summed E-state index contributed by atoms with van der Waals surface area (Å²) in [6.07, 6.45) is -18.6. The molecule has 0 aromatic carbocycles. The third-order valence-electron chi connectivity index (χ3n) is 24.4. The molecule has 0 saturated carbocycles. The van der Waals surface area contributed by atoms with Gasteiger partial charge >= 0.3 is 17.1 Å². The van der Waals surface area contributed by atoms with Gasteiger partial charge in [-0.25, -0.2) is 74.2 Å². The number of aryl methyl sites for hydroxylation is 3. The second kappa shape index (κ2) is 44.0. The lowest BCUT2D eigenvalue weighted by atomic mass is 10.1. The lowest BCUT2D eigenvalue weighted by Crippen LogP contribution is -2.38. The van der Waals surface area contributed by atoms with Crippen LogP contribution in [0.4, 0.5) is 29.1 Å². The molecule has 7 fully saturated rings. The fraction of sp³-hybridized carbons (Fsp3) is 0.556. The molecule has 7 aliphatic rings. The number of aliphatic hydroxyl groups is 1. The predicted molar refractivity (Wildman–Crippen MR) is 518 cm³/mol. The van der Waals surface area contributed by atoms with Crippen molar-refractivity contribution in [3.63, 3.8) is 0 Å². The monoisotopic (exact) mass is 2310 g/mol. The summed E-state index contributed by atoms with van der Waals surface area (Å²) in [5, 5.41) is 12.4. The van der Waals surface area contributed by atoms with E-state index in [-0.39, 0.29) is 129 Å². The Kier molecular flexibility index (Phi) is 32.8. The van der Waals surface area contributed by atoms with Crippen LogP contribution in [-0.2, 0) is 184 Å². The molecule has 0 radical (unpaired) electrons. The second-order valence-corrected chi connectivity index (χ2v) is 53.0. The summed E-state index contributed by atoms with van der Waals surface area (Å²) in [5.74, 6) is -0.302. The number of nitrogens with zero attached hydrogens (tertiary/aromatic N) is 20. The van der Waals surface area contributed by atoms with Gasteiger partial charge in [0.15, 0.2) is 58.9 Å². The van der Waals surface area contributed by atoms with Gasteiger partial charge in [0.05, 0.1) is 108 Å². The molecule has 147 heavy (non-hydrogen) atoms. The number of hydrogen-bond donors (Lipinski definition) is 8. The van der Waals surface area contributed by atoms with Gasteiger partial charge in [-0.15, -0.1) is 0 Å². The maximum atomic E-state index is 15.1. The second-order valence-electron chi connectivity index (χ2n) is 34.0. The van der Waals surface area contributed by atoms with E-state index in [0.717, 1.165) is 39.8 Å². The minimum Gasteiger partial charge on any atom is -0.780 e. The molecule has 18 heterocycles. The van der Waals surface area contributed by atoms with Gasteiger partial charge in [-0.05, 0) is 27.2 Å². The zero-order chi connectivity index (χ0) is 105. The molecule has 14 unspecified atom stereocenters. The van der Waals surface area contributed by atoms with Gasteiger partial charge in [0.25, 0.3) is 11.1 Å². The number of hydrogen-bond acceptors (Lipinski definition) is 59. The number of rotatable bonds is 41. The molecule has 13 N–H and O–H groups in total. The van der Waals surface area contributed by atoms with Gasteiger partial charge in [-0.3, -0.25) is 56.1 Å². The molecule has 61 nitrogen and oxygen atoms in total. The van der Waals surface area contributed by atoms with Crippen molar-refractivity contribution in [1.29, 1.82) is 0 Å². The average molecular weight is 2320 g/mol. The van der Waals surface area contributed by atoms with Crippen molar-refractivity contribution in [3.8, 4) is 0 Å². The molecular weight excluding hydrogens is 2230 g/mol. The minimum atomic E-state index is -5.17. The highest BCUT2D eigenvalue weighted by Crippen LogP contribution is 2.57. The standard InChI is InChI=1S/C72H94N27O34P7S7/c1-6-33-34(7-46(120-33)94-14-31(3)67(101)91-71(94)104)128-135(107,142)114-17-42-39(12-51(123-42)98-28-88-54-61(76)80-24-84-65(54)98)132-139(111,146)119-21-45-57(56(100)69(126-45)99-29-89-55-62(77)81-25-85-66(55)99)133-140(112,147)118-20-41-36(9-47(122-41)93-13-30(2)58(73)90-70(93)103)129-136(108,143)116-18-43-38(11-50(124-43)97-27-87-53-60(75)79-23-83-64(53)97)131-138(110,145)117-19-44-37(10-49(125-44)96-26-86-52-59(74)78-22-82-63(52)96)130-137(109,144)115-16-40-35(127-134(106,141)113-5)8-48(121-40)95-15-32(4)68(102)92-72(95)105/h13-15,22-29,33-51,56-57,69,100H,6-12,16-21H2,1-5H3,(H,106,141)(H,107,142)(H,108,143)(H,109,144)(H,110,145)(H,111,146)(H,112,147)(H2,73,90,103)(H2,74,78,82)(H2,75,79,83)(H2,76,80,84)(H2,77,81,85)(H,91,101,104)(H,92,102,105)/p-7/t33-,34?,35?,36?,37?,38?,39?,40-,41-,42-,43-,44-,45-,46-,47-,48-,49-,50-,51-,56+,57?,69-,134?,135?,136?,137?,138?,139?,140?/m1/s1. The number of nitrogen functional groups attached to an aromatic ring is 5. The van der Waals surface area contributed by atoms with E-state index in [0.29, 0.717) is 0 Å². The zero-order valence-corrected chi connectivity index (χ0v) is 88.5. The predicted octanol–water partition coefficient (Wildman–Crippen LogP) is -2.46. The normalized spacial score (nSPS) is 29.9. The van der Waals surface area contributed by atoms with Crippen molar-refractivity contribution >= 4 is 204 Å². The first-order chi connectivity index (χ1) is 69.5. The summed E-state index contributed by atoms with van der Waals surface area (Å²) in [5.41, 5.74) is 28.3. The molecular formula is C72H87N27O34P7S7-7. The highest BCUT2D eigenvalue weighted by Gasteiger charge is 2.52. The number of aromatic amines is 2. The number of nitrogens with two attached hydrogens (primary N) is 5. The van der Waals surface area contributed by atoms with Crippen LogP contribution >= 0.6 is 47.1 Å². The van der Waals surface area contributed by atoms with Crippen LogP contribution in [0.25, 0.3) is 44.7 Å². The molecule has 798 valence electrons. The maximum Gasteiger partial charge on any atom is 0.351 e. The van der Waals surface area contributed by atoms with E-state index in [9.17, 15) is 53.2 Å². The molecule has 29 atom stereocenters. The zero-order valence-electron chi connectivity index (χ0n) is 76.5. The van der Waals surface area contributed by atoms with E-state index in [1.54, 1.807) is 6.92 Å². The SMILES string of the molecule is CC[C@H]1O[C@@H](n2cc(C)c(=O)[nH]c2=O)CC1OP([O-])(=S)OC[C@H]1O[C@@H](n2cnc3c(N)ncnc32)CC1OP(=O)([S-])OC[C@H]1O[C@@H](n2cnc3c(N)ncnc32)[C@@H](O)C1OP([O-])(=S)OC[C@H]1O[C@@H](n2cc(C)c(N)nc2=O)CC1OP([O-])(=S)OC[C@H]1O[C@@H](n2cnc3c(N)ncnc32)CC1OP([O-])(=S)OC[C@H]1O[C@@H](n2cnc3c(N)ncnc32)CC1OP([O-])(=S)OC[C@H]1O[C@@H](n2cc(C)c(=O)[nH]c2=O)CC1OP([O-])(=S)OC. The molecule has 0 aliphatic carbocycles. The summed E-state index contributed by atoms with van der Waals surface area (Å²) in [7, 11) is 1.03. The van der Waals surface area contributed by atoms with Crippen LogP contribution in [0.1, 0.15) is 112 Å². The van der Waals surface area contributed by atoms with E-state index >= 15 is 9.79 Å². The Labute approximate surface area is 861 Å². The first-order valence-electron chi connectivity index (χ1n) is 43.9. The molecule has 18 rings (SSSR count). The summed E-state index contributed by atoms with van der Waals surface area (Å²) in [4.78, 5) is 210. The topological polar surface area (TPSA) is 819 Å². The molecule has 0 bridgehead atoms. The van der Waals surface area contributed by atoms with Gasteiger partial charge in [0.1, 0.15) is 180 Å². The summed E-state index contributed by atoms with van der Waals surface area (Å²) in [6, 6.07) is 0. The lowest BCUT2D eigenvalue weighted by molar-refractivity contribution is -0.221. The van der Waals surface area contributed by atoms with E-state index in [1.165, 1.54) is 89.3 Å². The molecule has 11 aromatic rings. The molecule has 11 aromatic heterocycles. The van der Waals surface area contributed by atoms with Crippen molar-refractivity contribution < 1.29 is 136 Å². The van der Waals surface area contributed by atoms with E-state index in [1.807, 2.05) is 0 Å². The molecule has 75 heteroatoms. The van der Waals surface area contributed by atoms with Crippen LogP contribution in [0.3, 0.4) is 0 Å². The number of aliphatic hydroxyl groups excluding tert-OH is 1. The Morgan fingerprint density at radius 1 is 0.388 bits per heavy atom. The van der Waals surface area contributed by atoms with Crippen molar-refractivity contribution in [3.05, 3.63) is 138 Å². The third-order valence-corrected chi connectivity index (χ3v) is 35.5. The smallest absolute Gasteiger partial charge is 0.351 e. The largest absolute Gasteiger partial charge is 0.780 e. The van der Waals surface area contributed by atoms with Crippen molar-refractivity contribution in [2.24, 2.45) is 0 Å².